The predicted molar refractivity (Wildman–Crippen MR) is 98.0 cm³/mol. The Balaban J connectivity index is 1.74. The third kappa shape index (κ3) is 3.69. The summed E-state index contributed by atoms with van der Waals surface area (Å²) in [6, 6.07) is 14.8. The van der Waals surface area contributed by atoms with Gasteiger partial charge in [-0.05, 0) is 65.7 Å². The molecule has 6 nitrogen and oxygen atoms in total. The van der Waals surface area contributed by atoms with Crippen LogP contribution in [0.2, 0.25) is 0 Å². The molecule has 0 saturated carbocycles. The van der Waals surface area contributed by atoms with Gasteiger partial charge in [0.1, 0.15) is 5.75 Å². The number of hydrogen-bond acceptors (Lipinski definition) is 3. The Labute approximate surface area is 144 Å². The van der Waals surface area contributed by atoms with E-state index in [1.165, 1.54) is 0 Å². The standard InChI is InChI=1S/C19H17N3O3/c1-11-8-14(18(20)24)4-7-17(11)22-19(25)21-15-5-2-13-10-16(23)6-3-12(13)9-15/h2-10,23H,1H3,(H2,20,24)(H2,21,22,25). The monoisotopic (exact) mass is 335 g/mol. The summed E-state index contributed by atoms with van der Waals surface area (Å²) in [6.45, 7) is 1.78. The van der Waals surface area contributed by atoms with Gasteiger partial charge in [0.2, 0.25) is 5.91 Å². The van der Waals surface area contributed by atoms with Crippen molar-refractivity contribution in [2.75, 3.05) is 10.6 Å². The second-order valence-corrected chi connectivity index (χ2v) is 5.72. The number of nitrogens with two attached hydrogens (primary N) is 1. The average Bonchev–Trinajstić information content (AvgIpc) is 2.56. The Kier molecular flexibility index (Phi) is 4.26. The molecule has 0 aromatic heterocycles. The molecule has 6 heteroatoms. The second kappa shape index (κ2) is 6.52. The molecule has 0 unspecified atom stereocenters. The minimum atomic E-state index is -0.513. The first-order valence-electron chi connectivity index (χ1n) is 7.63. The molecule has 0 aliphatic rings. The second-order valence-electron chi connectivity index (χ2n) is 5.72. The Bertz CT molecular complexity index is 983. The fourth-order valence-electron chi connectivity index (χ4n) is 2.55. The number of anilines is 2. The zero-order valence-corrected chi connectivity index (χ0v) is 13.5. The van der Waals surface area contributed by atoms with Crippen LogP contribution >= 0.6 is 0 Å². The van der Waals surface area contributed by atoms with Crippen molar-refractivity contribution in [3.63, 3.8) is 0 Å². The number of aryl methyl sites for hydroxylation is 1. The maximum Gasteiger partial charge on any atom is 0.323 e. The lowest BCUT2D eigenvalue weighted by atomic mass is 10.1. The molecular formula is C19H17N3O3. The third-order valence-corrected chi connectivity index (χ3v) is 3.84. The highest BCUT2D eigenvalue weighted by molar-refractivity contribution is 6.02. The fraction of sp³-hybridized carbons (Fsp3) is 0.0526. The van der Waals surface area contributed by atoms with Gasteiger partial charge in [0.15, 0.2) is 0 Å². The number of phenolic OH excluding ortho intramolecular Hbond substituents is 1. The molecule has 0 atom stereocenters. The van der Waals surface area contributed by atoms with E-state index in [0.717, 1.165) is 16.3 Å². The third-order valence-electron chi connectivity index (χ3n) is 3.84. The van der Waals surface area contributed by atoms with Crippen molar-refractivity contribution in [1.82, 2.24) is 0 Å². The van der Waals surface area contributed by atoms with Crippen molar-refractivity contribution in [3.8, 4) is 5.75 Å². The van der Waals surface area contributed by atoms with Gasteiger partial charge in [-0.15, -0.1) is 0 Å². The van der Waals surface area contributed by atoms with E-state index < -0.39 is 11.9 Å². The number of urea groups is 1. The molecule has 0 spiro atoms. The van der Waals surface area contributed by atoms with Crippen LogP contribution in [-0.4, -0.2) is 17.0 Å². The van der Waals surface area contributed by atoms with Crippen LogP contribution in [0.4, 0.5) is 16.2 Å². The van der Waals surface area contributed by atoms with Crippen LogP contribution in [0.3, 0.4) is 0 Å². The lowest BCUT2D eigenvalue weighted by Crippen LogP contribution is -2.20. The smallest absolute Gasteiger partial charge is 0.323 e. The van der Waals surface area contributed by atoms with Gasteiger partial charge >= 0.3 is 6.03 Å². The molecule has 126 valence electrons. The molecule has 0 bridgehead atoms. The SMILES string of the molecule is Cc1cc(C(N)=O)ccc1NC(=O)Nc1ccc2cc(O)ccc2c1. The number of hydrogen-bond donors (Lipinski definition) is 4. The highest BCUT2D eigenvalue weighted by atomic mass is 16.3. The summed E-state index contributed by atoms with van der Waals surface area (Å²) in [5, 5.41) is 16.8. The largest absolute Gasteiger partial charge is 0.508 e. The molecule has 3 amide bonds. The van der Waals surface area contributed by atoms with Gasteiger partial charge in [0.05, 0.1) is 0 Å². The van der Waals surface area contributed by atoms with Crippen LogP contribution < -0.4 is 16.4 Å². The minimum Gasteiger partial charge on any atom is -0.508 e. The molecule has 0 saturated heterocycles. The summed E-state index contributed by atoms with van der Waals surface area (Å²) in [7, 11) is 0. The number of rotatable bonds is 3. The van der Waals surface area contributed by atoms with E-state index in [9.17, 15) is 14.7 Å². The Morgan fingerprint density at radius 3 is 2.36 bits per heavy atom. The van der Waals surface area contributed by atoms with Crippen molar-refractivity contribution >= 4 is 34.1 Å². The van der Waals surface area contributed by atoms with Crippen molar-refractivity contribution in [1.29, 1.82) is 0 Å². The molecule has 0 fully saturated rings. The number of fused-ring (bicyclic) bond motifs is 1. The minimum absolute atomic E-state index is 0.195. The van der Waals surface area contributed by atoms with E-state index in [1.54, 1.807) is 49.4 Å². The van der Waals surface area contributed by atoms with Crippen LogP contribution in [0.25, 0.3) is 10.8 Å². The average molecular weight is 335 g/mol. The number of carbonyl (C=O) groups is 2. The van der Waals surface area contributed by atoms with E-state index in [4.69, 9.17) is 5.73 Å². The summed E-state index contributed by atoms with van der Waals surface area (Å²) >= 11 is 0. The summed E-state index contributed by atoms with van der Waals surface area (Å²) in [5.41, 5.74) is 7.58. The van der Waals surface area contributed by atoms with Crippen molar-refractivity contribution in [3.05, 3.63) is 65.7 Å². The normalized spacial score (nSPS) is 10.4. The number of amides is 3. The summed E-state index contributed by atoms with van der Waals surface area (Å²) in [5.74, 6) is -0.317. The highest BCUT2D eigenvalue weighted by Gasteiger charge is 2.08. The van der Waals surface area contributed by atoms with Gasteiger partial charge in [0.25, 0.3) is 0 Å². The maximum atomic E-state index is 12.2. The Morgan fingerprint density at radius 2 is 1.64 bits per heavy atom. The van der Waals surface area contributed by atoms with Crippen LogP contribution in [0.1, 0.15) is 15.9 Å². The van der Waals surface area contributed by atoms with E-state index >= 15 is 0 Å². The van der Waals surface area contributed by atoms with Crippen LogP contribution in [0.5, 0.6) is 5.75 Å². The molecule has 3 rings (SSSR count). The number of phenols is 1. The molecule has 3 aromatic carbocycles. The van der Waals surface area contributed by atoms with E-state index in [1.807, 2.05) is 12.1 Å². The van der Waals surface area contributed by atoms with Crippen molar-refractivity contribution < 1.29 is 14.7 Å². The summed E-state index contributed by atoms with van der Waals surface area (Å²) in [6.07, 6.45) is 0. The molecule has 25 heavy (non-hydrogen) atoms. The lowest BCUT2D eigenvalue weighted by Gasteiger charge is -2.11. The van der Waals surface area contributed by atoms with Crippen LogP contribution in [0, 0.1) is 6.92 Å². The van der Waals surface area contributed by atoms with E-state index in [-0.39, 0.29) is 5.75 Å². The van der Waals surface area contributed by atoms with Crippen LogP contribution in [-0.2, 0) is 0 Å². The van der Waals surface area contributed by atoms with Gasteiger partial charge in [0, 0.05) is 16.9 Å². The summed E-state index contributed by atoms with van der Waals surface area (Å²) < 4.78 is 0. The molecule has 0 aliphatic heterocycles. The van der Waals surface area contributed by atoms with Gasteiger partial charge in [-0.25, -0.2) is 4.79 Å². The number of primary amides is 1. The molecular weight excluding hydrogens is 318 g/mol. The highest BCUT2D eigenvalue weighted by Crippen LogP contribution is 2.23. The lowest BCUT2D eigenvalue weighted by molar-refractivity contribution is 0.1000. The van der Waals surface area contributed by atoms with Crippen LogP contribution in [0.15, 0.2) is 54.6 Å². The molecule has 5 N–H and O–H groups in total. The van der Waals surface area contributed by atoms with Crippen molar-refractivity contribution in [2.24, 2.45) is 5.73 Å². The van der Waals surface area contributed by atoms with Crippen molar-refractivity contribution in [2.45, 2.75) is 6.92 Å². The topological polar surface area (TPSA) is 104 Å². The van der Waals surface area contributed by atoms with Gasteiger partial charge < -0.3 is 21.5 Å². The maximum absolute atomic E-state index is 12.2. The molecule has 0 heterocycles. The number of nitrogens with one attached hydrogen (secondary N) is 2. The molecule has 0 radical (unpaired) electrons. The number of benzene rings is 3. The first-order chi connectivity index (χ1) is 11.9. The zero-order valence-electron chi connectivity index (χ0n) is 13.5. The zero-order chi connectivity index (χ0) is 18.0. The molecule has 0 aliphatic carbocycles. The van der Waals surface area contributed by atoms with Gasteiger partial charge in [-0.2, -0.15) is 0 Å². The van der Waals surface area contributed by atoms with Gasteiger partial charge in [-0.3, -0.25) is 4.79 Å². The number of carbonyl (C=O) groups excluding carboxylic acids is 2. The first kappa shape index (κ1) is 16.3. The predicted octanol–water partition coefficient (Wildman–Crippen LogP) is 3.60. The van der Waals surface area contributed by atoms with E-state index in [0.29, 0.717) is 16.9 Å². The van der Waals surface area contributed by atoms with Gasteiger partial charge in [-0.1, -0.05) is 12.1 Å². The van der Waals surface area contributed by atoms with E-state index in [2.05, 4.69) is 10.6 Å². The Morgan fingerprint density at radius 1 is 0.920 bits per heavy atom. The number of aromatic hydroxyl groups is 1. The Hall–Kier alpha value is -3.54. The summed E-state index contributed by atoms with van der Waals surface area (Å²) in [4.78, 5) is 23.4. The quantitative estimate of drug-likeness (QED) is 0.588. The first-order valence-corrected chi connectivity index (χ1v) is 7.63. The fourth-order valence-corrected chi connectivity index (χ4v) is 2.55. The molecule has 3 aromatic rings.